The predicted octanol–water partition coefficient (Wildman–Crippen LogP) is 1.99. The maximum atomic E-state index is 10.8. The fraction of sp³-hybridized carbons (Fsp3) is 0.400. The second-order valence-electron chi connectivity index (χ2n) is 3.41. The summed E-state index contributed by atoms with van der Waals surface area (Å²) in [6.45, 7) is 1.72. The van der Waals surface area contributed by atoms with Gasteiger partial charge in [-0.2, -0.15) is 11.8 Å². The molecule has 0 unspecified atom stereocenters. The number of halogens is 1. The highest BCUT2D eigenvalue weighted by Gasteiger charge is 2.17. The van der Waals surface area contributed by atoms with Gasteiger partial charge < -0.3 is 10.0 Å². The third-order valence-electron chi connectivity index (χ3n) is 2.36. The van der Waals surface area contributed by atoms with Gasteiger partial charge in [0.1, 0.15) is 5.82 Å². The molecule has 86 valence electrons. The predicted molar refractivity (Wildman–Crippen MR) is 65.7 cm³/mol. The Morgan fingerprint density at radius 1 is 1.44 bits per heavy atom. The Labute approximate surface area is 103 Å². The summed E-state index contributed by atoms with van der Waals surface area (Å²) in [5.41, 5.74) is 0.0395. The van der Waals surface area contributed by atoms with Gasteiger partial charge in [0.2, 0.25) is 0 Å². The maximum absolute atomic E-state index is 10.8. The Morgan fingerprint density at radius 3 is 2.75 bits per heavy atom. The van der Waals surface area contributed by atoms with Gasteiger partial charge in [-0.05, 0) is 12.1 Å². The molecular formula is C10H11ClN2O2S. The van der Waals surface area contributed by atoms with Crippen LogP contribution in [0.1, 0.15) is 10.5 Å². The second kappa shape index (κ2) is 4.93. The number of hydrogen-bond acceptors (Lipinski definition) is 4. The first kappa shape index (κ1) is 11.5. The van der Waals surface area contributed by atoms with Crippen LogP contribution in [0.25, 0.3) is 0 Å². The van der Waals surface area contributed by atoms with Crippen molar-refractivity contribution in [3.05, 3.63) is 22.8 Å². The van der Waals surface area contributed by atoms with Crippen LogP contribution in [0, 0.1) is 0 Å². The first-order valence-electron chi connectivity index (χ1n) is 4.91. The van der Waals surface area contributed by atoms with Gasteiger partial charge in [0, 0.05) is 24.6 Å². The van der Waals surface area contributed by atoms with Crippen molar-refractivity contribution in [2.24, 2.45) is 0 Å². The zero-order valence-electron chi connectivity index (χ0n) is 8.52. The van der Waals surface area contributed by atoms with Crippen LogP contribution in [-0.4, -0.2) is 40.7 Å². The fourth-order valence-corrected chi connectivity index (χ4v) is 2.68. The average molecular weight is 259 g/mol. The molecule has 0 bridgehead atoms. The van der Waals surface area contributed by atoms with Crippen LogP contribution >= 0.6 is 23.4 Å². The Balaban J connectivity index is 2.30. The molecule has 0 atom stereocenters. The average Bonchev–Trinajstić information content (AvgIpc) is 2.30. The molecule has 0 saturated carbocycles. The Bertz CT molecular complexity index is 408. The molecule has 1 saturated heterocycles. The third kappa shape index (κ3) is 2.41. The molecule has 1 aliphatic rings. The molecular weight excluding hydrogens is 248 g/mol. The number of carboxylic acid groups (broad SMARTS) is 1. The Hall–Kier alpha value is -0.940. The highest BCUT2D eigenvalue weighted by molar-refractivity contribution is 7.99. The van der Waals surface area contributed by atoms with Crippen molar-refractivity contribution in [3.63, 3.8) is 0 Å². The fourth-order valence-electron chi connectivity index (χ4n) is 1.55. The summed E-state index contributed by atoms with van der Waals surface area (Å²) in [6, 6.07) is 3.02. The first-order chi connectivity index (χ1) is 7.68. The molecule has 2 rings (SSSR count). The number of aromatic nitrogens is 1. The van der Waals surface area contributed by atoms with Gasteiger partial charge in [-0.1, -0.05) is 11.6 Å². The van der Waals surface area contributed by atoms with E-state index in [4.69, 9.17) is 16.7 Å². The lowest BCUT2D eigenvalue weighted by molar-refractivity contribution is 0.0690. The number of thioether (sulfide) groups is 1. The van der Waals surface area contributed by atoms with Crippen molar-refractivity contribution >= 4 is 35.1 Å². The lowest BCUT2D eigenvalue weighted by Gasteiger charge is -2.28. The third-order valence-corrected chi connectivity index (χ3v) is 3.59. The molecule has 1 N–H and O–H groups in total. The van der Waals surface area contributed by atoms with Crippen LogP contribution in [0.3, 0.4) is 0 Å². The van der Waals surface area contributed by atoms with Gasteiger partial charge in [0.15, 0.2) is 5.69 Å². The van der Waals surface area contributed by atoms with Gasteiger partial charge in [-0.3, -0.25) is 0 Å². The normalized spacial score (nSPS) is 16.2. The molecule has 1 aromatic heterocycles. The Morgan fingerprint density at radius 2 is 2.12 bits per heavy atom. The van der Waals surface area contributed by atoms with E-state index in [0.717, 1.165) is 24.6 Å². The van der Waals surface area contributed by atoms with E-state index >= 15 is 0 Å². The van der Waals surface area contributed by atoms with Gasteiger partial charge >= 0.3 is 5.97 Å². The van der Waals surface area contributed by atoms with E-state index in [9.17, 15) is 4.79 Å². The minimum absolute atomic E-state index is 0.0395. The van der Waals surface area contributed by atoms with Crippen molar-refractivity contribution in [1.29, 1.82) is 0 Å². The zero-order chi connectivity index (χ0) is 11.5. The van der Waals surface area contributed by atoms with Gasteiger partial charge in [-0.25, -0.2) is 9.78 Å². The summed E-state index contributed by atoms with van der Waals surface area (Å²) in [4.78, 5) is 16.9. The van der Waals surface area contributed by atoms with Gasteiger partial charge in [-0.15, -0.1) is 0 Å². The van der Waals surface area contributed by atoms with Gasteiger partial charge in [0.25, 0.3) is 0 Å². The summed E-state index contributed by atoms with van der Waals surface area (Å²) in [6.07, 6.45) is 0. The molecule has 0 radical (unpaired) electrons. The number of pyridine rings is 1. The first-order valence-corrected chi connectivity index (χ1v) is 6.44. The zero-order valence-corrected chi connectivity index (χ0v) is 10.1. The smallest absolute Gasteiger partial charge is 0.354 e. The summed E-state index contributed by atoms with van der Waals surface area (Å²) < 4.78 is 0. The standard InChI is InChI=1S/C10H11ClN2O2S/c11-7-1-2-8(10(14)15)12-9(7)13-3-5-16-6-4-13/h1-2H,3-6H2,(H,14,15). The monoisotopic (exact) mass is 258 g/mol. The van der Waals surface area contributed by atoms with E-state index in [2.05, 4.69) is 4.98 Å². The molecule has 0 spiro atoms. The molecule has 0 aliphatic carbocycles. The molecule has 2 heterocycles. The van der Waals surface area contributed by atoms with E-state index < -0.39 is 5.97 Å². The second-order valence-corrected chi connectivity index (χ2v) is 5.04. The van der Waals surface area contributed by atoms with E-state index in [0.29, 0.717) is 10.8 Å². The molecule has 1 aliphatic heterocycles. The maximum Gasteiger partial charge on any atom is 0.354 e. The van der Waals surface area contributed by atoms with E-state index in [1.807, 2.05) is 16.7 Å². The van der Waals surface area contributed by atoms with Crippen molar-refractivity contribution in [1.82, 2.24) is 4.98 Å². The summed E-state index contributed by atoms with van der Waals surface area (Å²) in [7, 11) is 0. The van der Waals surface area contributed by atoms with Crippen LogP contribution in [0.2, 0.25) is 5.02 Å². The van der Waals surface area contributed by atoms with Crippen LogP contribution in [0.5, 0.6) is 0 Å². The van der Waals surface area contributed by atoms with Crippen LogP contribution in [-0.2, 0) is 0 Å². The number of nitrogens with zero attached hydrogens (tertiary/aromatic N) is 2. The van der Waals surface area contributed by atoms with E-state index in [1.54, 1.807) is 6.07 Å². The number of rotatable bonds is 2. The lowest BCUT2D eigenvalue weighted by Crippen LogP contribution is -2.33. The Kier molecular flexibility index (Phi) is 3.56. The molecule has 0 aromatic carbocycles. The minimum atomic E-state index is -1.02. The quantitative estimate of drug-likeness (QED) is 0.879. The van der Waals surface area contributed by atoms with Crippen molar-refractivity contribution in [2.75, 3.05) is 29.5 Å². The molecule has 16 heavy (non-hydrogen) atoms. The minimum Gasteiger partial charge on any atom is -0.477 e. The molecule has 4 nitrogen and oxygen atoms in total. The highest BCUT2D eigenvalue weighted by Crippen LogP contribution is 2.26. The molecule has 0 amide bonds. The van der Waals surface area contributed by atoms with E-state index in [1.165, 1.54) is 6.07 Å². The summed E-state index contributed by atoms with van der Waals surface area (Å²) >= 11 is 7.91. The van der Waals surface area contributed by atoms with Crippen LogP contribution in [0.4, 0.5) is 5.82 Å². The topological polar surface area (TPSA) is 53.4 Å². The SMILES string of the molecule is O=C(O)c1ccc(Cl)c(N2CCSCC2)n1. The number of aromatic carboxylic acids is 1. The van der Waals surface area contributed by atoms with Gasteiger partial charge in [0.05, 0.1) is 5.02 Å². The summed E-state index contributed by atoms with van der Waals surface area (Å²) in [5, 5.41) is 9.38. The van der Waals surface area contributed by atoms with E-state index in [-0.39, 0.29) is 5.69 Å². The summed E-state index contributed by atoms with van der Waals surface area (Å²) in [5.74, 6) is 1.61. The number of carboxylic acids is 1. The van der Waals surface area contributed by atoms with Crippen molar-refractivity contribution in [2.45, 2.75) is 0 Å². The number of hydrogen-bond donors (Lipinski definition) is 1. The number of anilines is 1. The molecule has 1 aromatic rings. The van der Waals surface area contributed by atoms with Crippen LogP contribution in [0.15, 0.2) is 12.1 Å². The lowest BCUT2D eigenvalue weighted by atomic mass is 10.3. The van der Waals surface area contributed by atoms with Crippen LogP contribution < -0.4 is 4.90 Å². The molecule has 6 heteroatoms. The van der Waals surface area contributed by atoms with Crippen molar-refractivity contribution in [3.8, 4) is 0 Å². The molecule has 1 fully saturated rings. The largest absolute Gasteiger partial charge is 0.477 e. The highest BCUT2D eigenvalue weighted by atomic mass is 35.5. The van der Waals surface area contributed by atoms with Crippen molar-refractivity contribution < 1.29 is 9.90 Å². The number of carbonyl (C=O) groups is 1.